The normalized spacial score (nSPS) is 13.0. The van der Waals surface area contributed by atoms with Crippen LogP contribution in [0, 0.1) is 5.92 Å². The van der Waals surface area contributed by atoms with Gasteiger partial charge in [0.15, 0.2) is 0 Å². The zero-order chi connectivity index (χ0) is 12.1. The van der Waals surface area contributed by atoms with Crippen molar-refractivity contribution in [3.05, 3.63) is 22.7 Å². The molecule has 1 rings (SSSR count). The average Bonchev–Trinajstić information content (AvgIpc) is 2.16. The average molecular weight is 304 g/mol. The highest BCUT2D eigenvalue weighted by atomic mass is 79.9. The molecule has 2 N–H and O–H groups in total. The Bertz CT molecular complexity index is 379. The van der Waals surface area contributed by atoms with Crippen molar-refractivity contribution in [3.8, 4) is 0 Å². The summed E-state index contributed by atoms with van der Waals surface area (Å²) in [6.45, 7) is 4.37. The summed E-state index contributed by atoms with van der Waals surface area (Å²) in [5, 5.41) is 0. The van der Waals surface area contributed by atoms with Gasteiger partial charge in [-0.1, -0.05) is 20.3 Å². The maximum atomic E-state index is 12.0. The van der Waals surface area contributed by atoms with Gasteiger partial charge >= 0.3 is 0 Å². The highest BCUT2D eigenvalue weighted by molar-refractivity contribution is 9.10. The number of hydrogen-bond acceptors (Lipinski definition) is 2. The first-order chi connectivity index (χ1) is 7.50. The SMILES string of the molecule is CC(C)CCCS(=O)c1ccc(N)cc1Br. The van der Waals surface area contributed by atoms with E-state index in [0.29, 0.717) is 11.6 Å². The topological polar surface area (TPSA) is 43.1 Å². The monoisotopic (exact) mass is 303 g/mol. The molecule has 0 aliphatic heterocycles. The van der Waals surface area contributed by atoms with Crippen LogP contribution in [0.4, 0.5) is 5.69 Å². The standard InChI is InChI=1S/C12H18BrNOS/c1-9(2)4-3-7-16(15)12-6-5-10(14)8-11(12)13/h5-6,8-9H,3-4,7,14H2,1-2H3. The van der Waals surface area contributed by atoms with Crippen molar-refractivity contribution in [2.75, 3.05) is 11.5 Å². The molecule has 0 heterocycles. The van der Waals surface area contributed by atoms with Crippen LogP contribution in [-0.2, 0) is 10.8 Å². The molecule has 2 nitrogen and oxygen atoms in total. The molecule has 16 heavy (non-hydrogen) atoms. The first kappa shape index (κ1) is 13.7. The fourth-order valence-corrected chi connectivity index (χ4v) is 3.52. The van der Waals surface area contributed by atoms with Crippen LogP contribution in [-0.4, -0.2) is 9.96 Å². The molecule has 0 aliphatic carbocycles. The van der Waals surface area contributed by atoms with E-state index in [1.807, 2.05) is 6.07 Å². The number of anilines is 1. The van der Waals surface area contributed by atoms with Crippen LogP contribution in [0.25, 0.3) is 0 Å². The van der Waals surface area contributed by atoms with Crippen LogP contribution in [0.2, 0.25) is 0 Å². The van der Waals surface area contributed by atoms with Gasteiger partial charge in [0.1, 0.15) is 0 Å². The largest absolute Gasteiger partial charge is 0.399 e. The molecular formula is C12H18BrNOS. The maximum absolute atomic E-state index is 12.0. The van der Waals surface area contributed by atoms with Gasteiger partial charge in [-0.15, -0.1) is 0 Å². The van der Waals surface area contributed by atoms with Crippen molar-refractivity contribution in [2.45, 2.75) is 31.6 Å². The Labute approximate surface area is 108 Å². The molecule has 4 heteroatoms. The van der Waals surface area contributed by atoms with E-state index >= 15 is 0 Å². The molecular weight excluding hydrogens is 286 g/mol. The van der Waals surface area contributed by atoms with Crippen molar-refractivity contribution < 1.29 is 4.21 Å². The molecule has 90 valence electrons. The van der Waals surface area contributed by atoms with Crippen LogP contribution in [0.3, 0.4) is 0 Å². The van der Waals surface area contributed by atoms with Crippen LogP contribution in [0.1, 0.15) is 26.7 Å². The van der Waals surface area contributed by atoms with E-state index < -0.39 is 10.8 Å². The van der Waals surface area contributed by atoms with Gasteiger partial charge in [-0.05, 0) is 46.5 Å². The molecule has 1 aromatic carbocycles. The second kappa shape index (κ2) is 6.40. The molecule has 1 unspecified atom stereocenters. The molecule has 0 fully saturated rings. The van der Waals surface area contributed by atoms with E-state index in [1.54, 1.807) is 12.1 Å². The third kappa shape index (κ3) is 4.26. The van der Waals surface area contributed by atoms with Gasteiger partial charge < -0.3 is 5.73 Å². The predicted octanol–water partition coefficient (Wildman–Crippen LogP) is 3.58. The first-order valence-electron chi connectivity index (χ1n) is 5.44. The van der Waals surface area contributed by atoms with E-state index in [-0.39, 0.29) is 0 Å². The third-order valence-electron chi connectivity index (χ3n) is 2.31. The van der Waals surface area contributed by atoms with Crippen LogP contribution < -0.4 is 5.73 Å². The predicted molar refractivity (Wildman–Crippen MR) is 73.9 cm³/mol. The molecule has 1 aromatic rings. The van der Waals surface area contributed by atoms with Gasteiger partial charge in [-0.3, -0.25) is 4.21 Å². The Morgan fingerprint density at radius 2 is 2.12 bits per heavy atom. The van der Waals surface area contributed by atoms with Gasteiger partial charge in [0.05, 0.1) is 15.7 Å². The van der Waals surface area contributed by atoms with Gasteiger partial charge in [0.2, 0.25) is 0 Å². The molecule has 1 atom stereocenters. The van der Waals surface area contributed by atoms with Gasteiger partial charge in [0.25, 0.3) is 0 Å². The van der Waals surface area contributed by atoms with Crippen molar-refractivity contribution in [2.24, 2.45) is 5.92 Å². The summed E-state index contributed by atoms with van der Waals surface area (Å²) in [4.78, 5) is 0.845. The number of nitrogens with two attached hydrogens (primary N) is 1. The zero-order valence-electron chi connectivity index (χ0n) is 9.70. The summed E-state index contributed by atoms with van der Waals surface area (Å²) in [6.07, 6.45) is 2.12. The Morgan fingerprint density at radius 1 is 1.44 bits per heavy atom. The number of benzene rings is 1. The summed E-state index contributed by atoms with van der Waals surface area (Å²) in [7, 11) is -0.922. The smallest absolute Gasteiger partial charge is 0.0541 e. The lowest BCUT2D eigenvalue weighted by Gasteiger charge is -2.07. The molecule has 0 saturated heterocycles. The molecule has 0 radical (unpaired) electrons. The summed E-state index contributed by atoms with van der Waals surface area (Å²) >= 11 is 3.40. The minimum Gasteiger partial charge on any atom is -0.399 e. The van der Waals surface area contributed by atoms with E-state index in [0.717, 1.165) is 28.0 Å². The Kier molecular flexibility index (Phi) is 5.49. The molecule has 0 bridgehead atoms. The summed E-state index contributed by atoms with van der Waals surface area (Å²) < 4.78 is 12.8. The molecule has 0 amide bonds. The van der Waals surface area contributed by atoms with E-state index in [1.165, 1.54) is 0 Å². The fourth-order valence-electron chi connectivity index (χ4n) is 1.43. The lowest BCUT2D eigenvalue weighted by Crippen LogP contribution is -2.01. The van der Waals surface area contributed by atoms with Crippen molar-refractivity contribution in [1.82, 2.24) is 0 Å². The Hall–Kier alpha value is -0.350. The van der Waals surface area contributed by atoms with Crippen LogP contribution in [0.5, 0.6) is 0 Å². The minimum atomic E-state index is -0.922. The number of halogens is 1. The third-order valence-corrected chi connectivity index (χ3v) is 4.74. The Balaban J connectivity index is 2.59. The lowest BCUT2D eigenvalue weighted by molar-refractivity contribution is 0.575. The fraction of sp³-hybridized carbons (Fsp3) is 0.500. The van der Waals surface area contributed by atoms with E-state index in [4.69, 9.17) is 5.73 Å². The highest BCUT2D eigenvalue weighted by Crippen LogP contribution is 2.23. The van der Waals surface area contributed by atoms with Crippen molar-refractivity contribution in [3.63, 3.8) is 0 Å². The second-order valence-corrected chi connectivity index (χ2v) is 6.67. The summed E-state index contributed by atoms with van der Waals surface area (Å²) in [6, 6.07) is 5.43. The molecule has 0 aromatic heterocycles. The van der Waals surface area contributed by atoms with Crippen molar-refractivity contribution in [1.29, 1.82) is 0 Å². The first-order valence-corrected chi connectivity index (χ1v) is 7.55. The minimum absolute atomic E-state index is 0.673. The molecule has 0 saturated carbocycles. The molecule has 0 aliphatic rings. The van der Waals surface area contributed by atoms with Crippen molar-refractivity contribution >= 4 is 32.4 Å². The van der Waals surface area contributed by atoms with Crippen LogP contribution in [0.15, 0.2) is 27.6 Å². The highest BCUT2D eigenvalue weighted by Gasteiger charge is 2.08. The zero-order valence-corrected chi connectivity index (χ0v) is 12.1. The number of nitrogen functional groups attached to an aromatic ring is 1. The Morgan fingerprint density at radius 3 is 2.69 bits per heavy atom. The quantitative estimate of drug-likeness (QED) is 0.845. The van der Waals surface area contributed by atoms with Gasteiger partial charge in [-0.25, -0.2) is 0 Å². The van der Waals surface area contributed by atoms with Crippen LogP contribution >= 0.6 is 15.9 Å². The summed E-state index contributed by atoms with van der Waals surface area (Å²) in [5.74, 6) is 1.40. The summed E-state index contributed by atoms with van der Waals surface area (Å²) in [5.41, 5.74) is 6.33. The number of hydrogen-bond donors (Lipinski definition) is 1. The second-order valence-electron chi connectivity index (χ2n) is 4.28. The molecule has 0 spiro atoms. The lowest BCUT2D eigenvalue weighted by atomic mass is 10.1. The van der Waals surface area contributed by atoms with Gasteiger partial charge in [-0.2, -0.15) is 0 Å². The van der Waals surface area contributed by atoms with E-state index in [9.17, 15) is 4.21 Å². The van der Waals surface area contributed by atoms with E-state index in [2.05, 4.69) is 29.8 Å². The van der Waals surface area contributed by atoms with Gasteiger partial charge in [0, 0.05) is 15.9 Å². The number of rotatable bonds is 5. The maximum Gasteiger partial charge on any atom is 0.0541 e.